The monoisotopic (exact) mass is 467 g/mol. The number of carboxylic acid groups (broad SMARTS) is 1. The van der Waals surface area contributed by atoms with Crippen LogP contribution in [0.5, 0.6) is 5.75 Å². The zero-order chi connectivity index (χ0) is 24.3. The molecule has 0 aliphatic carbocycles. The van der Waals surface area contributed by atoms with E-state index in [0.29, 0.717) is 24.5 Å². The number of aromatic carboxylic acids is 1. The van der Waals surface area contributed by atoms with Crippen molar-refractivity contribution in [3.63, 3.8) is 0 Å². The van der Waals surface area contributed by atoms with Gasteiger partial charge in [0.1, 0.15) is 12.4 Å². The van der Waals surface area contributed by atoms with E-state index in [9.17, 15) is 23.1 Å². The number of methoxy groups -OCH3 is 1. The number of alkyl halides is 3. The van der Waals surface area contributed by atoms with Crippen molar-refractivity contribution < 1.29 is 32.5 Å². The number of aromatic nitrogens is 1. The Kier molecular flexibility index (Phi) is 6.51. The van der Waals surface area contributed by atoms with Crippen molar-refractivity contribution in [1.82, 2.24) is 4.98 Å². The van der Waals surface area contributed by atoms with Gasteiger partial charge >= 0.3 is 12.1 Å². The second-order valence-corrected chi connectivity index (χ2v) is 7.53. The molecule has 0 atom stereocenters. The minimum absolute atomic E-state index is 0.0597. The predicted octanol–water partition coefficient (Wildman–Crippen LogP) is 6.31. The average Bonchev–Trinajstić information content (AvgIpc) is 2.83. The van der Waals surface area contributed by atoms with Crippen LogP contribution in [0.2, 0.25) is 0 Å². The number of benzene rings is 3. The Morgan fingerprint density at radius 2 is 1.50 bits per heavy atom. The van der Waals surface area contributed by atoms with E-state index in [1.165, 1.54) is 12.1 Å². The minimum Gasteiger partial charge on any atom is -0.491 e. The summed E-state index contributed by atoms with van der Waals surface area (Å²) in [5.74, 6) is -0.593. The van der Waals surface area contributed by atoms with Crippen LogP contribution < -0.4 is 4.74 Å². The maximum Gasteiger partial charge on any atom is 0.416 e. The number of ether oxygens (including phenoxy) is 2. The van der Waals surface area contributed by atoms with Crippen molar-refractivity contribution in [2.24, 2.45) is 0 Å². The van der Waals surface area contributed by atoms with E-state index in [0.717, 1.165) is 29.0 Å². The first-order valence-corrected chi connectivity index (χ1v) is 10.3. The van der Waals surface area contributed by atoms with Crippen LogP contribution in [-0.2, 0) is 10.9 Å². The summed E-state index contributed by atoms with van der Waals surface area (Å²) in [5, 5.41) is 9.55. The van der Waals surface area contributed by atoms with Gasteiger partial charge in [0, 0.05) is 18.1 Å². The molecule has 0 aliphatic heterocycles. The molecule has 0 fully saturated rings. The lowest BCUT2D eigenvalue weighted by Crippen LogP contribution is -2.06. The molecular formula is C26H20F3NO4. The van der Waals surface area contributed by atoms with Gasteiger partial charge in [-0.2, -0.15) is 13.2 Å². The fourth-order valence-electron chi connectivity index (χ4n) is 3.55. The summed E-state index contributed by atoms with van der Waals surface area (Å²) >= 11 is 0. The van der Waals surface area contributed by atoms with Crippen molar-refractivity contribution in [1.29, 1.82) is 0 Å². The third-order valence-corrected chi connectivity index (χ3v) is 5.29. The number of hydrogen-bond acceptors (Lipinski definition) is 4. The van der Waals surface area contributed by atoms with E-state index in [2.05, 4.69) is 4.98 Å². The fourth-order valence-corrected chi connectivity index (χ4v) is 3.55. The Balaban J connectivity index is 1.64. The van der Waals surface area contributed by atoms with Crippen LogP contribution >= 0.6 is 0 Å². The molecule has 0 radical (unpaired) electrons. The van der Waals surface area contributed by atoms with Crippen LogP contribution in [0.4, 0.5) is 13.2 Å². The highest BCUT2D eigenvalue weighted by atomic mass is 19.4. The Morgan fingerprint density at radius 1 is 0.882 bits per heavy atom. The molecule has 3 aromatic carbocycles. The standard InChI is InChI=1S/C26H20F3NO4/c1-33-12-13-34-20-9-6-17(7-10-20)16-2-4-18(5-3-16)24-15-22(25(31)32)21-14-19(26(27,28)29)8-11-23(21)30-24/h2-11,14-15H,12-13H2,1H3,(H,31,32). The maximum absolute atomic E-state index is 13.1. The zero-order valence-electron chi connectivity index (χ0n) is 18.1. The van der Waals surface area contributed by atoms with E-state index in [4.69, 9.17) is 9.47 Å². The quantitative estimate of drug-likeness (QED) is 0.323. The molecule has 1 heterocycles. The molecule has 8 heteroatoms. The van der Waals surface area contributed by atoms with E-state index >= 15 is 0 Å². The zero-order valence-corrected chi connectivity index (χ0v) is 18.1. The molecule has 0 aliphatic rings. The van der Waals surface area contributed by atoms with Crippen LogP contribution in [-0.4, -0.2) is 36.4 Å². The number of fused-ring (bicyclic) bond motifs is 1. The van der Waals surface area contributed by atoms with E-state index in [-0.39, 0.29) is 16.5 Å². The molecule has 0 unspecified atom stereocenters. The van der Waals surface area contributed by atoms with Gasteiger partial charge in [0.25, 0.3) is 0 Å². The Hall–Kier alpha value is -3.91. The molecule has 34 heavy (non-hydrogen) atoms. The van der Waals surface area contributed by atoms with Gasteiger partial charge in [-0.15, -0.1) is 0 Å². The van der Waals surface area contributed by atoms with E-state index in [1.807, 2.05) is 36.4 Å². The molecule has 0 bridgehead atoms. The largest absolute Gasteiger partial charge is 0.491 e. The normalized spacial score (nSPS) is 11.5. The number of pyridine rings is 1. The first-order chi connectivity index (χ1) is 16.3. The van der Waals surface area contributed by atoms with Crippen molar-refractivity contribution >= 4 is 16.9 Å². The van der Waals surface area contributed by atoms with Gasteiger partial charge < -0.3 is 14.6 Å². The first kappa shape index (κ1) is 23.3. The highest BCUT2D eigenvalue weighted by molar-refractivity contribution is 6.04. The molecule has 174 valence electrons. The lowest BCUT2D eigenvalue weighted by atomic mass is 10.00. The van der Waals surface area contributed by atoms with Crippen molar-refractivity contribution in [2.75, 3.05) is 20.3 Å². The SMILES string of the molecule is COCCOc1ccc(-c2ccc(-c3cc(C(=O)O)c4cc(C(F)(F)F)ccc4n3)cc2)cc1. The Morgan fingerprint density at radius 3 is 2.09 bits per heavy atom. The Bertz CT molecular complexity index is 1320. The number of carbonyl (C=O) groups is 1. The van der Waals surface area contributed by atoms with Gasteiger partial charge in [0.15, 0.2) is 0 Å². The van der Waals surface area contributed by atoms with Crippen LogP contribution in [0.15, 0.2) is 72.8 Å². The topological polar surface area (TPSA) is 68.7 Å². The molecular weight excluding hydrogens is 447 g/mol. The molecule has 0 spiro atoms. The van der Waals surface area contributed by atoms with Crippen molar-refractivity contribution in [3.8, 4) is 28.1 Å². The highest BCUT2D eigenvalue weighted by Crippen LogP contribution is 2.34. The number of rotatable bonds is 7. The third-order valence-electron chi connectivity index (χ3n) is 5.29. The number of carboxylic acids is 1. The summed E-state index contributed by atoms with van der Waals surface area (Å²) in [5.41, 5.74) is 1.92. The smallest absolute Gasteiger partial charge is 0.416 e. The summed E-state index contributed by atoms with van der Waals surface area (Å²) in [6, 6.07) is 19.1. The molecule has 1 aromatic heterocycles. The molecule has 0 saturated heterocycles. The first-order valence-electron chi connectivity index (χ1n) is 10.3. The molecule has 5 nitrogen and oxygen atoms in total. The van der Waals surface area contributed by atoms with Crippen LogP contribution in [0.25, 0.3) is 33.3 Å². The highest BCUT2D eigenvalue weighted by Gasteiger charge is 2.31. The van der Waals surface area contributed by atoms with Gasteiger partial charge in [-0.3, -0.25) is 0 Å². The summed E-state index contributed by atoms with van der Waals surface area (Å²) in [4.78, 5) is 16.2. The summed E-state index contributed by atoms with van der Waals surface area (Å²) in [6.07, 6.45) is -4.58. The van der Waals surface area contributed by atoms with Crippen molar-refractivity contribution in [2.45, 2.75) is 6.18 Å². The number of hydrogen-bond donors (Lipinski definition) is 1. The second kappa shape index (κ2) is 9.52. The molecule has 0 saturated carbocycles. The van der Waals surface area contributed by atoms with Crippen molar-refractivity contribution in [3.05, 3.63) is 83.9 Å². The summed E-state index contributed by atoms with van der Waals surface area (Å²) < 4.78 is 49.8. The maximum atomic E-state index is 13.1. The molecule has 4 aromatic rings. The lowest BCUT2D eigenvalue weighted by molar-refractivity contribution is -0.137. The van der Waals surface area contributed by atoms with Crippen LogP contribution in [0.3, 0.4) is 0 Å². The van der Waals surface area contributed by atoms with E-state index < -0.39 is 17.7 Å². The minimum atomic E-state index is -4.58. The second-order valence-electron chi connectivity index (χ2n) is 7.53. The van der Waals surface area contributed by atoms with Gasteiger partial charge in [0.2, 0.25) is 0 Å². The number of nitrogens with zero attached hydrogens (tertiary/aromatic N) is 1. The summed E-state index contributed by atoms with van der Waals surface area (Å²) in [7, 11) is 1.61. The van der Waals surface area contributed by atoms with Gasteiger partial charge in [-0.1, -0.05) is 36.4 Å². The van der Waals surface area contributed by atoms with Gasteiger partial charge in [-0.05, 0) is 47.5 Å². The summed E-state index contributed by atoms with van der Waals surface area (Å²) in [6.45, 7) is 0.957. The number of halogens is 3. The van der Waals surface area contributed by atoms with Crippen LogP contribution in [0, 0.1) is 0 Å². The average molecular weight is 467 g/mol. The Labute approximate surface area is 193 Å². The predicted molar refractivity (Wildman–Crippen MR) is 122 cm³/mol. The lowest BCUT2D eigenvalue weighted by Gasteiger charge is -2.11. The third kappa shape index (κ3) is 5.02. The fraction of sp³-hybridized carbons (Fsp3) is 0.154. The van der Waals surface area contributed by atoms with Gasteiger partial charge in [-0.25, -0.2) is 9.78 Å². The van der Waals surface area contributed by atoms with E-state index in [1.54, 1.807) is 19.2 Å². The molecule has 0 amide bonds. The molecule has 1 N–H and O–H groups in total. The van der Waals surface area contributed by atoms with Crippen LogP contribution in [0.1, 0.15) is 15.9 Å². The molecule has 4 rings (SSSR count). The van der Waals surface area contributed by atoms with Gasteiger partial charge in [0.05, 0.1) is 28.9 Å².